The van der Waals surface area contributed by atoms with E-state index in [4.69, 9.17) is 14.6 Å². The maximum absolute atomic E-state index is 11.3. The number of unbranched alkanes of at least 4 members (excludes halogenated alkanes) is 3. The predicted molar refractivity (Wildman–Crippen MR) is 74.8 cm³/mol. The first-order valence-electron chi connectivity index (χ1n) is 6.97. The molecule has 0 radical (unpaired) electrons. The summed E-state index contributed by atoms with van der Waals surface area (Å²) in [4.78, 5) is 21.6. The van der Waals surface area contributed by atoms with Crippen LogP contribution in [-0.2, 0) is 14.3 Å². The van der Waals surface area contributed by atoms with Crippen molar-refractivity contribution in [1.82, 2.24) is 10.6 Å². The number of carboxylic acids is 1. The van der Waals surface area contributed by atoms with Crippen LogP contribution in [0.2, 0.25) is 0 Å². The third-order valence-electron chi connectivity index (χ3n) is 2.57. The van der Waals surface area contributed by atoms with Crippen LogP contribution < -0.4 is 10.6 Å². The number of nitrogens with one attached hydrogen (secondary N) is 2. The van der Waals surface area contributed by atoms with E-state index in [-0.39, 0.29) is 12.5 Å². The Labute approximate surface area is 120 Å². The minimum atomic E-state index is -0.754. The van der Waals surface area contributed by atoms with Crippen molar-refractivity contribution in [2.45, 2.75) is 32.1 Å². The Balaban J connectivity index is 3.18. The normalized spacial score (nSPS) is 10.2. The lowest BCUT2D eigenvalue weighted by Gasteiger charge is -2.08. The summed E-state index contributed by atoms with van der Waals surface area (Å²) in [6.07, 6.45) is 3.57. The van der Waals surface area contributed by atoms with Gasteiger partial charge in [-0.05, 0) is 12.8 Å². The first kappa shape index (κ1) is 18.7. The van der Waals surface area contributed by atoms with Gasteiger partial charge in [-0.3, -0.25) is 4.79 Å². The Morgan fingerprint density at radius 1 is 0.950 bits per heavy atom. The molecular formula is C13H26N2O5. The van der Waals surface area contributed by atoms with E-state index in [1.54, 1.807) is 7.11 Å². The molecule has 0 heterocycles. The quantitative estimate of drug-likeness (QED) is 0.439. The van der Waals surface area contributed by atoms with Crippen molar-refractivity contribution in [3.8, 4) is 0 Å². The van der Waals surface area contributed by atoms with Gasteiger partial charge in [0.2, 0.25) is 0 Å². The zero-order valence-electron chi connectivity index (χ0n) is 12.2. The summed E-state index contributed by atoms with van der Waals surface area (Å²) in [5.41, 5.74) is 0. The number of hydrogen-bond acceptors (Lipinski definition) is 4. The molecule has 0 fully saturated rings. The number of aliphatic carboxylic acids is 1. The number of rotatable bonds is 13. The molecule has 0 aromatic carbocycles. The highest BCUT2D eigenvalue weighted by atomic mass is 16.5. The number of carboxylic acid groups (broad SMARTS) is 1. The fourth-order valence-electron chi connectivity index (χ4n) is 1.50. The van der Waals surface area contributed by atoms with E-state index < -0.39 is 5.97 Å². The molecule has 0 spiro atoms. The van der Waals surface area contributed by atoms with Crippen LogP contribution in [0.3, 0.4) is 0 Å². The highest BCUT2D eigenvalue weighted by molar-refractivity contribution is 5.73. The topological polar surface area (TPSA) is 96.9 Å². The Morgan fingerprint density at radius 3 is 2.35 bits per heavy atom. The largest absolute Gasteiger partial charge is 0.481 e. The summed E-state index contributed by atoms with van der Waals surface area (Å²) >= 11 is 0. The van der Waals surface area contributed by atoms with Crippen molar-refractivity contribution in [2.75, 3.05) is 40.0 Å². The smallest absolute Gasteiger partial charge is 0.314 e. The lowest BCUT2D eigenvalue weighted by atomic mass is 10.1. The van der Waals surface area contributed by atoms with Gasteiger partial charge in [0.1, 0.15) is 0 Å². The molecule has 0 aromatic rings. The Bertz CT molecular complexity index is 261. The summed E-state index contributed by atoms with van der Waals surface area (Å²) in [6, 6.07) is -0.203. The fraction of sp³-hybridized carbons (Fsp3) is 0.846. The summed E-state index contributed by atoms with van der Waals surface area (Å²) < 4.78 is 10.0. The van der Waals surface area contributed by atoms with Crippen LogP contribution >= 0.6 is 0 Å². The molecule has 7 nitrogen and oxygen atoms in total. The van der Waals surface area contributed by atoms with E-state index in [0.29, 0.717) is 39.3 Å². The van der Waals surface area contributed by atoms with Gasteiger partial charge in [-0.25, -0.2) is 4.79 Å². The number of hydrogen-bond donors (Lipinski definition) is 3. The molecule has 3 N–H and O–H groups in total. The van der Waals surface area contributed by atoms with Crippen LogP contribution in [0.15, 0.2) is 0 Å². The fourth-order valence-corrected chi connectivity index (χ4v) is 1.50. The molecule has 0 saturated carbocycles. The number of ether oxygens (including phenoxy) is 2. The molecule has 0 unspecified atom stereocenters. The van der Waals surface area contributed by atoms with Crippen LogP contribution in [0, 0.1) is 0 Å². The Morgan fingerprint density at radius 2 is 1.65 bits per heavy atom. The summed E-state index contributed by atoms with van der Waals surface area (Å²) in [5, 5.41) is 13.9. The van der Waals surface area contributed by atoms with Gasteiger partial charge in [0.25, 0.3) is 0 Å². The molecule has 0 bridgehead atoms. The van der Waals surface area contributed by atoms with Gasteiger partial charge in [-0.2, -0.15) is 0 Å². The predicted octanol–water partition coefficient (Wildman–Crippen LogP) is 0.984. The SMILES string of the molecule is COCCOCCNC(=O)NCCCCCCC(=O)O. The zero-order valence-corrected chi connectivity index (χ0v) is 12.2. The minimum absolute atomic E-state index is 0.203. The summed E-state index contributed by atoms with van der Waals surface area (Å²) in [7, 11) is 1.61. The monoisotopic (exact) mass is 290 g/mol. The third-order valence-corrected chi connectivity index (χ3v) is 2.57. The first-order valence-corrected chi connectivity index (χ1v) is 6.97. The maximum atomic E-state index is 11.3. The Kier molecular flexibility index (Phi) is 13.1. The lowest BCUT2D eigenvalue weighted by Crippen LogP contribution is -2.37. The molecule has 0 aromatic heterocycles. The number of carbonyl (C=O) groups excluding carboxylic acids is 1. The van der Waals surface area contributed by atoms with Gasteiger partial charge >= 0.3 is 12.0 Å². The highest BCUT2D eigenvalue weighted by Crippen LogP contribution is 2.01. The minimum Gasteiger partial charge on any atom is -0.481 e. The number of carbonyl (C=O) groups is 2. The number of urea groups is 1. The maximum Gasteiger partial charge on any atom is 0.314 e. The van der Waals surface area contributed by atoms with Crippen molar-refractivity contribution >= 4 is 12.0 Å². The van der Waals surface area contributed by atoms with Crippen molar-refractivity contribution in [2.24, 2.45) is 0 Å². The van der Waals surface area contributed by atoms with Crippen LogP contribution in [0.4, 0.5) is 4.79 Å². The molecule has 20 heavy (non-hydrogen) atoms. The van der Waals surface area contributed by atoms with E-state index in [2.05, 4.69) is 10.6 Å². The van der Waals surface area contributed by atoms with E-state index in [9.17, 15) is 9.59 Å². The van der Waals surface area contributed by atoms with Gasteiger partial charge in [0, 0.05) is 26.6 Å². The van der Waals surface area contributed by atoms with Gasteiger partial charge in [0.05, 0.1) is 19.8 Å². The third kappa shape index (κ3) is 14.7. The molecule has 0 rings (SSSR count). The van der Waals surface area contributed by atoms with Gasteiger partial charge in [-0.1, -0.05) is 12.8 Å². The molecule has 0 aliphatic carbocycles. The number of amides is 2. The van der Waals surface area contributed by atoms with Gasteiger partial charge < -0.3 is 25.2 Å². The van der Waals surface area contributed by atoms with Crippen molar-refractivity contribution < 1.29 is 24.2 Å². The van der Waals surface area contributed by atoms with E-state index in [1.807, 2.05) is 0 Å². The van der Waals surface area contributed by atoms with Crippen LogP contribution in [0.25, 0.3) is 0 Å². The molecule has 0 aliphatic heterocycles. The van der Waals surface area contributed by atoms with E-state index in [0.717, 1.165) is 19.3 Å². The second-order valence-electron chi connectivity index (χ2n) is 4.35. The Hall–Kier alpha value is -1.34. The molecule has 118 valence electrons. The standard InChI is InChI=1S/C13H26N2O5/c1-19-10-11-20-9-8-15-13(18)14-7-5-3-2-4-6-12(16)17/h2-11H2,1H3,(H,16,17)(H2,14,15,18). The van der Waals surface area contributed by atoms with Crippen LogP contribution in [0.5, 0.6) is 0 Å². The van der Waals surface area contributed by atoms with Crippen LogP contribution in [0.1, 0.15) is 32.1 Å². The number of methoxy groups -OCH3 is 1. The molecular weight excluding hydrogens is 264 g/mol. The lowest BCUT2D eigenvalue weighted by molar-refractivity contribution is -0.137. The summed E-state index contributed by atoms with van der Waals surface area (Å²) in [5.74, 6) is -0.754. The van der Waals surface area contributed by atoms with E-state index in [1.165, 1.54) is 0 Å². The van der Waals surface area contributed by atoms with Crippen LogP contribution in [-0.4, -0.2) is 57.1 Å². The van der Waals surface area contributed by atoms with Crippen molar-refractivity contribution in [1.29, 1.82) is 0 Å². The second-order valence-corrected chi connectivity index (χ2v) is 4.35. The van der Waals surface area contributed by atoms with E-state index >= 15 is 0 Å². The van der Waals surface area contributed by atoms with Crippen molar-refractivity contribution in [3.63, 3.8) is 0 Å². The second kappa shape index (κ2) is 14.1. The average molecular weight is 290 g/mol. The zero-order chi connectivity index (χ0) is 15.1. The van der Waals surface area contributed by atoms with Gasteiger partial charge in [-0.15, -0.1) is 0 Å². The average Bonchev–Trinajstić information content (AvgIpc) is 2.41. The molecule has 0 aliphatic rings. The molecule has 2 amide bonds. The van der Waals surface area contributed by atoms with Crippen molar-refractivity contribution in [3.05, 3.63) is 0 Å². The van der Waals surface area contributed by atoms with Gasteiger partial charge in [0.15, 0.2) is 0 Å². The molecule has 7 heteroatoms. The highest BCUT2D eigenvalue weighted by Gasteiger charge is 1.99. The molecule has 0 atom stereocenters. The summed E-state index contributed by atoms with van der Waals surface area (Å²) in [6.45, 7) is 2.60. The molecule has 0 saturated heterocycles. The first-order chi connectivity index (χ1) is 9.66.